The van der Waals surface area contributed by atoms with Gasteiger partial charge >= 0.3 is 6.03 Å². The summed E-state index contributed by atoms with van der Waals surface area (Å²) in [6.07, 6.45) is 1.55. The monoisotopic (exact) mass is 399 g/mol. The molecule has 0 saturated carbocycles. The van der Waals surface area contributed by atoms with Crippen LogP contribution in [0.5, 0.6) is 0 Å². The zero-order chi connectivity index (χ0) is 20.1. The van der Waals surface area contributed by atoms with Gasteiger partial charge in [-0.1, -0.05) is 48.0 Å². The zero-order valence-electron chi connectivity index (χ0n) is 16.3. The molecule has 0 radical (unpaired) electrons. The van der Waals surface area contributed by atoms with E-state index >= 15 is 0 Å². The maximum absolute atomic E-state index is 12.8. The van der Waals surface area contributed by atoms with Crippen molar-refractivity contribution in [3.63, 3.8) is 0 Å². The zero-order valence-corrected chi connectivity index (χ0v) is 17.1. The minimum absolute atomic E-state index is 0.0206. The van der Waals surface area contributed by atoms with Crippen molar-refractivity contribution in [3.8, 4) is 0 Å². The number of carbonyl (C=O) groups is 2. The number of likely N-dealkylation sites (tertiary alicyclic amines) is 1. The molecule has 2 aromatic carbocycles. The lowest BCUT2D eigenvalue weighted by Crippen LogP contribution is -2.52. The van der Waals surface area contributed by atoms with Crippen molar-refractivity contribution in [1.29, 1.82) is 0 Å². The Balaban J connectivity index is 1.62. The van der Waals surface area contributed by atoms with Gasteiger partial charge in [-0.05, 0) is 49.9 Å². The summed E-state index contributed by atoms with van der Waals surface area (Å²) in [4.78, 5) is 27.3. The molecular weight excluding hydrogens is 374 g/mol. The third-order valence-electron chi connectivity index (χ3n) is 5.27. The third-order valence-corrected chi connectivity index (χ3v) is 5.50. The average molecular weight is 400 g/mol. The van der Waals surface area contributed by atoms with E-state index in [1.54, 1.807) is 17.0 Å². The molecule has 1 aliphatic heterocycles. The molecule has 3 amide bonds. The first-order valence-electron chi connectivity index (χ1n) is 9.52. The van der Waals surface area contributed by atoms with Gasteiger partial charge in [-0.2, -0.15) is 0 Å². The lowest BCUT2D eigenvalue weighted by molar-refractivity contribution is -0.132. The molecule has 1 atom stereocenters. The number of rotatable bonds is 4. The van der Waals surface area contributed by atoms with E-state index in [0.29, 0.717) is 30.3 Å². The lowest BCUT2D eigenvalue weighted by Gasteiger charge is -2.39. The number of hydrogen-bond donors (Lipinski definition) is 2. The number of urea groups is 1. The van der Waals surface area contributed by atoms with Crippen LogP contribution in [0, 0.1) is 12.3 Å². The van der Waals surface area contributed by atoms with Gasteiger partial charge in [0.25, 0.3) is 0 Å². The fourth-order valence-corrected chi connectivity index (χ4v) is 3.68. The van der Waals surface area contributed by atoms with Crippen LogP contribution >= 0.6 is 11.6 Å². The lowest BCUT2D eigenvalue weighted by atomic mass is 9.81. The molecule has 148 valence electrons. The summed E-state index contributed by atoms with van der Waals surface area (Å²) in [5, 5.41) is 6.52. The van der Waals surface area contributed by atoms with Crippen molar-refractivity contribution in [2.45, 2.75) is 33.2 Å². The Morgan fingerprint density at radius 2 is 1.93 bits per heavy atom. The van der Waals surface area contributed by atoms with Gasteiger partial charge in [0.15, 0.2) is 0 Å². The van der Waals surface area contributed by atoms with E-state index < -0.39 is 5.41 Å². The summed E-state index contributed by atoms with van der Waals surface area (Å²) in [6.45, 7) is 5.36. The van der Waals surface area contributed by atoms with Crippen molar-refractivity contribution in [2.75, 3.05) is 18.4 Å². The maximum Gasteiger partial charge on any atom is 0.321 e. The SMILES string of the molecule is Cc1ccc(Cl)cc1NC(=O)N1CCC[C@](C)(C(=O)NCc2ccccc2)C1. The van der Waals surface area contributed by atoms with E-state index in [9.17, 15) is 9.59 Å². The van der Waals surface area contributed by atoms with E-state index in [1.165, 1.54) is 0 Å². The Bertz CT molecular complexity index is 856. The van der Waals surface area contributed by atoms with Crippen LogP contribution in [0.3, 0.4) is 0 Å². The second-order valence-electron chi connectivity index (χ2n) is 7.64. The van der Waals surface area contributed by atoms with Crippen molar-refractivity contribution >= 4 is 29.2 Å². The molecule has 6 heteroatoms. The van der Waals surface area contributed by atoms with E-state index in [-0.39, 0.29) is 11.9 Å². The van der Waals surface area contributed by atoms with Gasteiger partial charge in [0.05, 0.1) is 5.41 Å². The van der Waals surface area contributed by atoms with Crippen LogP contribution in [0.1, 0.15) is 30.9 Å². The normalized spacial score (nSPS) is 19.2. The Morgan fingerprint density at radius 1 is 1.18 bits per heavy atom. The number of nitrogens with one attached hydrogen (secondary N) is 2. The van der Waals surface area contributed by atoms with E-state index in [4.69, 9.17) is 11.6 Å². The van der Waals surface area contributed by atoms with E-state index in [1.807, 2.05) is 50.2 Å². The second-order valence-corrected chi connectivity index (χ2v) is 8.08. The second kappa shape index (κ2) is 8.65. The molecule has 0 unspecified atom stereocenters. The predicted molar refractivity (Wildman–Crippen MR) is 112 cm³/mol. The quantitative estimate of drug-likeness (QED) is 0.789. The molecule has 0 bridgehead atoms. The number of nitrogens with zero attached hydrogens (tertiary/aromatic N) is 1. The molecule has 0 spiro atoms. The molecule has 1 heterocycles. The number of benzene rings is 2. The number of hydrogen-bond acceptors (Lipinski definition) is 2. The van der Waals surface area contributed by atoms with Crippen LogP contribution in [0.2, 0.25) is 5.02 Å². The number of amides is 3. The van der Waals surface area contributed by atoms with Gasteiger partial charge < -0.3 is 15.5 Å². The average Bonchev–Trinajstić information content (AvgIpc) is 2.69. The van der Waals surface area contributed by atoms with Crippen molar-refractivity contribution in [1.82, 2.24) is 10.2 Å². The first-order chi connectivity index (χ1) is 13.4. The number of carbonyl (C=O) groups excluding carboxylic acids is 2. The van der Waals surface area contributed by atoms with Crippen molar-refractivity contribution in [3.05, 3.63) is 64.7 Å². The summed E-state index contributed by atoms with van der Waals surface area (Å²) in [5.74, 6) is -0.0206. The molecule has 3 rings (SSSR count). The van der Waals surface area contributed by atoms with Crippen LogP contribution in [-0.4, -0.2) is 29.9 Å². The summed E-state index contributed by atoms with van der Waals surface area (Å²) in [7, 11) is 0. The Kier molecular flexibility index (Phi) is 6.25. The van der Waals surface area contributed by atoms with Crippen LogP contribution in [0.4, 0.5) is 10.5 Å². The van der Waals surface area contributed by atoms with Gasteiger partial charge in [-0.25, -0.2) is 4.79 Å². The molecule has 1 fully saturated rings. The largest absolute Gasteiger partial charge is 0.351 e. The molecule has 0 aliphatic carbocycles. The highest BCUT2D eigenvalue weighted by atomic mass is 35.5. The fraction of sp³-hybridized carbons (Fsp3) is 0.364. The van der Waals surface area contributed by atoms with E-state index in [0.717, 1.165) is 24.0 Å². The van der Waals surface area contributed by atoms with Crippen LogP contribution in [0.15, 0.2) is 48.5 Å². The highest BCUT2D eigenvalue weighted by Gasteiger charge is 2.39. The van der Waals surface area contributed by atoms with Gasteiger partial charge in [-0.15, -0.1) is 0 Å². The van der Waals surface area contributed by atoms with Gasteiger partial charge in [-0.3, -0.25) is 4.79 Å². The first kappa shape index (κ1) is 20.2. The predicted octanol–water partition coefficient (Wildman–Crippen LogP) is 4.60. The van der Waals surface area contributed by atoms with Gasteiger partial charge in [0.2, 0.25) is 5.91 Å². The number of piperidine rings is 1. The Morgan fingerprint density at radius 3 is 2.68 bits per heavy atom. The summed E-state index contributed by atoms with van der Waals surface area (Å²) < 4.78 is 0. The molecular formula is C22H26ClN3O2. The highest BCUT2D eigenvalue weighted by molar-refractivity contribution is 6.31. The minimum Gasteiger partial charge on any atom is -0.351 e. The van der Waals surface area contributed by atoms with Crippen molar-refractivity contribution < 1.29 is 9.59 Å². The first-order valence-corrected chi connectivity index (χ1v) is 9.89. The molecule has 2 aromatic rings. The molecule has 1 saturated heterocycles. The molecule has 28 heavy (non-hydrogen) atoms. The molecule has 1 aliphatic rings. The number of aryl methyl sites for hydroxylation is 1. The number of anilines is 1. The maximum atomic E-state index is 12.8. The Hall–Kier alpha value is -2.53. The molecule has 0 aromatic heterocycles. The fourth-order valence-electron chi connectivity index (χ4n) is 3.51. The van der Waals surface area contributed by atoms with Crippen molar-refractivity contribution in [2.24, 2.45) is 5.41 Å². The molecule has 2 N–H and O–H groups in total. The highest BCUT2D eigenvalue weighted by Crippen LogP contribution is 2.30. The summed E-state index contributed by atoms with van der Waals surface area (Å²) in [6, 6.07) is 15.0. The van der Waals surface area contributed by atoms with Crippen LogP contribution in [-0.2, 0) is 11.3 Å². The van der Waals surface area contributed by atoms with Crippen LogP contribution in [0.25, 0.3) is 0 Å². The standard InChI is InChI=1S/C22H26ClN3O2/c1-16-9-10-18(23)13-19(16)25-21(28)26-12-6-11-22(2,15-26)20(27)24-14-17-7-4-3-5-8-17/h3-5,7-10,13H,6,11-12,14-15H2,1-2H3,(H,24,27)(H,25,28)/t22-/m0/s1. The van der Waals surface area contributed by atoms with E-state index in [2.05, 4.69) is 10.6 Å². The number of halogens is 1. The Labute approximate surface area is 171 Å². The summed E-state index contributed by atoms with van der Waals surface area (Å²) >= 11 is 6.04. The topological polar surface area (TPSA) is 61.4 Å². The third kappa shape index (κ3) is 4.84. The van der Waals surface area contributed by atoms with Gasteiger partial charge in [0.1, 0.15) is 0 Å². The molecule has 5 nitrogen and oxygen atoms in total. The van der Waals surface area contributed by atoms with Gasteiger partial charge in [0, 0.05) is 30.3 Å². The summed E-state index contributed by atoms with van der Waals surface area (Å²) in [5.41, 5.74) is 2.09. The smallest absolute Gasteiger partial charge is 0.321 e. The van der Waals surface area contributed by atoms with Crippen LogP contribution < -0.4 is 10.6 Å². The minimum atomic E-state index is -0.603.